The number of likely N-dealkylation sites (tertiary alicyclic amines) is 1. The molecule has 2 rings (SSSR count). The van der Waals surface area contributed by atoms with Crippen molar-refractivity contribution in [1.29, 1.82) is 0 Å². The third-order valence-electron chi connectivity index (χ3n) is 4.32. The summed E-state index contributed by atoms with van der Waals surface area (Å²) in [7, 11) is 0. The zero-order chi connectivity index (χ0) is 17.6. The Morgan fingerprint density at radius 3 is 1.91 bits per heavy atom. The number of nitrogens with zero attached hydrogens (tertiary/aromatic N) is 1. The summed E-state index contributed by atoms with van der Waals surface area (Å²) in [4.78, 5) is 23.1. The van der Waals surface area contributed by atoms with E-state index in [-0.39, 0.29) is 25.9 Å². The van der Waals surface area contributed by atoms with E-state index in [1.807, 2.05) is 0 Å². The lowest BCUT2D eigenvalue weighted by Crippen LogP contribution is -2.49. The van der Waals surface area contributed by atoms with Crippen LogP contribution >= 0.6 is 0 Å². The Morgan fingerprint density at radius 1 is 1.09 bits per heavy atom. The molecule has 2 fully saturated rings. The number of halogens is 6. The Balaban J connectivity index is 1.94. The highest BCUT2D eigenvalue weighted by atomic mass is 19.4. The van der Waals surface area contributed by atoms with Gasteiger partial charge in [0.1, 0.15) is 0 Å². The largest absolute Gasteiger partial charge is 0.481 e. The van der Waals surface area contributed by atoms with E-state index in [2.05, 4.69) is 4.74 Å². The van der Waals surface area contributed by atoms with Gasteiger partial charge >= 0.3 is 24.4 Å². The summed E-state index contributed by atoms with van der Waals surface area (Å²) in [6.45, 7) is -0.268. The van der Waals surface area contributed by atoms with Crippen LogP contribution in [0.15, 0.2) is 0 Å². The van der Waals surface area contributed by atoms with E-state index < -0.39 is 41.9 Å². The number of hydrogen-bond acceptors (Lipinski definition) is 3. The van der Waals surface area contributed by atoms with E-state index in [9.17, 15) is 35.9 Å². The zero-order valence-electron chi connectivity index (χ0n) is 11.6. The maximum absolute atomic E-state index is 12.3. The van der Waals surface area contributed by atoms with Crippen molar-refractivity contribution >= 4 is 12.1 Å². The number of carboxylic acid groups (broad SMARTS) is 1. The van der Waals surface area contributed by atoms with Gasteiger partial charge in [-0.3, -0.25) is 4.79 Å². The Hall–Kier alpha value is -1.68. The molecule has 0 aromatic carbocycles. The highest BCUT2D eigenvalue weighted by Crippen LogP contribution is 2.59. The number of rotatable bonds is 2. The fraction of sp³-hybridized carbons (Fsp3) is 0.833. The first-order valence-corrected chi connectivity index (χ1v) is 6.69. The fourth-order valence-electron chi connectivity index (χ4n) is 2.88. The minimum absolute atomic E-state index is 0.134. The van der Waals surface area contributed by atoms with Gasteiger partial charge in [0.2, 0.25) is 0 Å². The highest BCUT2D eigenvalue weighted by Gasteiger charge is 2.61. The molecule has 0 radical (unpaired) electrons. The molecule has 23 heavy (non-hydrogen) atoms. The monoisotopic (exact) mass is 349 g/mol. The van der Waals surface area contributed by atoms with Crippen LogP contribution < -0.4 is 0 Å². The molecule has 132 valence electrons. The van der Waals surface area contributed by atoms with E-state index in [1.165, 1.54) is 0 Å². The third kappa shape index (κ3) is 3.63. The highest BCUT2D eigenvalue weighted by molar-refractivity contribution is 5.75. The first kappa shape index (κ1) is 17.7. The van der Waals surface area contributed by atoms with Gasteiger partial charge in [-0.25, -0.2) is 4.79 Å². The van der Waals surface area contributed by atoms with Crippen molar-refractivity contribution in [3.63, 3.8) is 0 Å². The summed E-state index contributed by atoms with van der Waals surface area (Å²) in [5.41, 5.74) is -0.504. The molecule has 1 saturated heterocycles. The second kappa shape index (κ2) is 5.45. The lowest BCUT2D eigenvalue weighted by Gasteiger charge is -2.33. The molecule has 1 heterocycles. The molecule has 1 N–H and O–H groups in total. The lowest BCUT2D eigenvalue weighted by molar-refractivity contribution is -0.308. The number of ether oxygens (including phenoxy) is 1. The third-order valence-corrected chi connectivity index (χ3v) is 4.32. The fourth-order valence-corrected chi connectivity index (χ4v) is 2.88. The van der Waals surface area contributed by atoms with Gasteiger partial charge in [-0.1, -0.05) is 0 Å². The van der Waals surface area contributed by atoms with Gasteiger partial charge in [-0.15, -0.1) is 0 Å². The van der Waals surface area contributed by atoms with Gasteiger partial charge in [0.25, 0.3) is 6.10 Å². The molecule has 1 spiro atoms. The van der Waals surface area contributed by atoms with Crippen molar-refractivity contribution in [3.8, 4) is 0 Å². The lowest BCUT2D eigenvalue weighted by atomic mass is 9.91. The Kier molecular flexibility index (Phi) is 4.18. The first-order valence-electron chi connectivity index (χ1n) is 6.69. The summed E-state index contributed by atoms with van der Waals surface area (Å²) in [6.07, 6.45) is -16.6. The quantitative estimate of drug-likeness (QED) is 0.779. The maximum atomic E-state index is 12.3. The minimum atomic E-state index is -5.75. The predicted molar refractivity (Wildman–Crippen MR) is 61.4 cm³/mol. The van der Waals surface area contributed by atoms with Gasteiger partial charge in [-0.2, -0.15) is 26.3 Å². The van der Waals surface area contributed by atoms with Crippen LogP contribution in [0.1, 0.15) is 19.3 Å². The molecule has 5 nitrogen and oxygen atoms in total. The smallest absolute Gasteiger partial charge is 0.434 e. The van der Waals surface area contributed by atoms with Crippen LogP contribution in [0.3, 0.4) is 0 Å². The molecule has 2 aliphatic rings. The molecule has 11 heteroatoms. The number of aliphatic carboxylic acids is 1. The summed E-state index contributed by atoms with van der Waals surface area (Å²) >= 11 is 0. The molecule has 0 aromatic heterocycles. The average Bonchev–Trinajstić information content (AvgIpc) is 3.08. The van der Waals surface area contributed by atoms with Gasteiger partial charge in [-0.05, 0) is 24.7 Å². The molecule has 1 aliphatic carbocycles. The van der Waals surface area contributed by atoms with Gasteiger partial charge < -0.3 is 14.7 Å². The number of carbonyl (C=O) groups is 2. The normalized spacial score (nSPS) is 24.0. The van der Waals surface area contributed by atoms with Crippen LogP contribution in [-0.4, -0.2) is 53.6 Å². The van der Waals surface area contributed by atoms with Crippen molar-refractivity contribution < 1.29 is 45.8 Å². The summed E-state index contributed by atoms with van der Waals surface area (Å²) in [5.74, 6) is -1.56. The van der Waals surface area contributed by atoms with Gasteiger partial charge in [0, 0.05) is 13.1 Å². The number of hydrogen-bond donors (Lipinski definition) is 1. The molecule has 0 unspecified atom stereocenters. The topological polar surface area (TPSA) is 66.8 Å². The van der Waals surface area contributed by atoms with Crippen LogP contribution in [0.25, 0.3) is 0 Å². The van der Waals surface area contributed by atoms with E-state index in [1.54, 1.807) is 0 Å². The van der Waals surface area contributed by atoms with E-state index in [0.717, 1.165) is 4.90 Å². The van der Waals surface area contributed by atoms with Crippen molar-refractivity contribution in [2.75, 3.05) is 13.1 Å². The summed E-state index contributed by atoms with van der Waals surface area (Å²) in [6, 6.07) is 0. The Morgan fingerprint density at radius 2 is 1.57 bits per heavy atom. The molecule has 0 aromatic rings. The van der Waals surface area contributed by atoms with Crippen LogP contribution in [0.4, 0.5) is 31.1 Å². The van der Waals surface area contributed by atoms with Crippen LogP contribution in [-0.2, 0) is 9.53 Å². The minimum Gasteiger partial charge on any atom is -0.481 e. The first-order chi connectivity index (χ1) is 10.4. The van der Waals surface area contributed by atoms with E-state index in [0.29, 0.717) is 6.42 Å². The van der Waals surface area contributed by atoms with E-state index in [4.69, 9.17) is 5.11 Å². The molecule has 1 aliphatic heterocycles. The van der Waals surface area contributed by atoms with Crippen LogP contribution in [0.2, 0.25) is 0 Å². The van der Waals surface area contributed by atoms with Gasteiger partial charge in [0.15, 0.2) is 0 Å². The number of amides is 1. The molecule has 1 amide bonds. The molecule has 1 saturated carbocycles. The zero-order valence-corrected chi connectivity index (χ0v) is 11.6. The van der Waals surface area contributed by atoms with Crippen molar-refractivity contribution in [3.05, 3.63) is 0 Å². The number of carboxylic acids is 1. The number of piperidine rings is 1. The number of carbonyl (C=O) groups excluding carboxylic acids is 1. The number of alkyl halides is 6. The Labute approximate surface area is 126 Å². The van der Waals surface area contributed by atoms with Crippen molar-refractivity contribution in [2.24, 2.45) is 11.3 Å². The molecule has 1 atom stereocenters. The standard InChI is InChI=1S/C12H13F6NO4/c13-11(14,15)8(12(16,17)18)23-9(22)19-3-1-10(2-4-19)5-6(10)7(20)21/h6,8H,1-5H2,(H,20,21)/t6-/m1/s1. The summed E-state index contributed by atoms with van der Waals surface area (Å²) < 4.78 is 77.6. The van der Waals surface area contributed by atoms with Gasteiger partial charge in [0.05, 0.1) is 5.92 Å². The predicted octanol–water partition coefficient (Wildman–Crippen LogP) is 2.80. The summed E-state index contributed by atoms with van der Waals surface area (Å²) in [5, 5.41) is 8.89. The Bertz CT molecular complexity index is 481. The molecular formula is C12H13F6NO4. The second-order valence-corrected chi connectivity index (χ2v) is 5.79. The SMILES string of the molecule is O=C(O)[C@H]1CC12CCN(C(=O)OC(C(F)(F)F)C(F)(F)F)CC2. The van der Waals surface area contributed by atoms with E-state index >= 15 is 0 Å². The average molecular weight is 349 g/mol. The molecule has 0 bridgehead atoms. The second-order valence-electron chi connectivity index (χ2n) is 5.79. The van der Waals surface area contributed by atoms with Crippen LogP contribution in [0.5, 0.6) is 0 Å². The van der Waals surface area contributed by atoms with Crippen LogP contribution in [0, 0.1) is 11.3 Å². The van der Waals surface area contributed by atoms with Crippen molar-refractivity contribution in [2.45, 2.75) is 37.7 Å². The molecular weight excluding hydrogens is 336 g/mol. The maximum Gasteiger partial charge on any atom is 0.434 e. The van der Waals surface area contributed by atoms with Crippen molar-refractivity contribution in [1.82, 2.24) is 4.90 Å².